The number of fused-ring (bicyclic) bond motifs is 1. The lowest BCUT2D eigenvalue weighted by Crippen LogP contribution is -2.40. The SMILES string of the molecule is CCc1cc([C@H]2O[C@@H](n3cnc4c(N[C@H](CO)Cc5ccccc5)nc(N5CCC(NC(=O)Nc6cccc(S(N)(=O)=O)c6)C5)nc43)[C@H](O)[C@@H]2O)on1. The molecule has 7 rings (SSSR count). The molecule has 0 spiro atoms. The number of hydrogen-bond donors (Lipinski definition) is 7. The first-order valence-corrected chi connectivity index (χ1v) is 18.6. The highest BCUT2D eigenvalue weighted by Crippen LogP contribution is 2.40. The van der Waals surface area contributed by atoms with Gasteiger partial charge in [0.2, 0.25) is 16.0 Å². The van der Waals surface area contributed by atoms with Gasteiger partial charge in [0.15, 0.2) is 29.0 Å². The van der Waals surface area contributed by atoms with E-state index in [4.69, 9.17) is 24.4 Å². The zero-order chi connectivity index (χ0) is 37.3. The van der Waals surface area contributed by atoms with E-state index in [0.717, 1.165) is 5.56 Å². The molecule has 2 saturated heterocycles. The lowest BCUT2D eigenvalue weighted by atomic mass is 10.1. The molecule has 2 fully saturated rings. The Morgan fingerprint density at radius 3 is 2.64 bits per heavy atom. The third-order valence-electron chi connectivity index (χ3n) is 9.25. The lowest BCUT2D eigenvalue weighted by molar-refractivity contribution is -0.0434. The number of aliphatic hydroxyl groups is 3. The number of amides is 2. The van der Waals surface area contributed by atoms with Crippen LogP contribution in [0.5, 0.6) is 0 Å². The van der Waals surface area contributed by atoms with Gasteiger partial charge in [-0.05, 0) is 43.0 Å². The lowest BCUT2D eigenvalue weighted by Gasteiger charge is -2.22. The summed E-state index contributed by atoms with van der Waals surface area (Å²) in [7, 11) is -3.95. The molecule has 2 amide bonds. The molecule has 0 radical (unpaired) electrons. The number of carbonyl (C=O) groups is 1. The predicted octanol–water partition coefficient (Wildman–Crippen LogP) is 1.43. The number of primary sulfonamides is 1. The number of urea groups is 1. The first-order valence-electron chi connectivity index (χ1n) is 17.1. The number of aliphatic hydroxyl groups excluding tert-OH is 3. The minimum atomic E-state index is -3.95. The molecule has 8 N–H and O–H groups in total. The fourth-order valence-corrected chi connectivity index (χ4v) is 7.06. The van der Waals surface area contributed by atoms with Crippen LogP contribution in [0.15, 0.2) is 76.4 Å². The molecule has 0 bridgehead atoms. The third-order valence-corrected chi connectivity index (χ3v) is 10.2. The van der Waals surface area contributed by atoms with Crippen LogP contribution in [0.1, 0.15) is 42.7 Å². The summed E-state index contributed by atoms with van der Waals surface area (Å²) in [6.45, 7) is 2.49. The number of nitrogens with one attached hydrogen (secondary N) is 3. The van der Waals surface area contributed by atoms with Gasteiger partial charge in [-0.2, -0.15) is 9.97 Å². The van der Waals surface area contributed by atoms with Crippen molar-refractivity contribution in [3.05, 3.63) is 84.0 Å². The summed E-state index contributed by atoms with van der Waals surface area (Å²) in [6, 6.07) is 15.7. The molecule has 6 atom stereocenters. The van der Waals surface area contributed by atoms with Gasteiger partial charge in [0.1, 0.15) is 18.3 Å². The summed E-state index contributed by atoms with van der Waals surface area (Å²) in [5.74, 6) is 0.896. The fourth-order valence-electron chi connectivity index (χ4n) is 6.50. The molecule has 3 aromatic heterocycles. The van der Waals surface area contributed by atoms with Crippen molar-refractivity contribution in [1.82, 2.24) is 30.0 Å². The van der Waals surface area contributed by atoms with Crippen LogP contribution < -0.4 is 26.0 Å². The van der Waals surface area contributed by atoms with Gasteiger partial charge in [0.05, 0.1) is 29.6 Å². The van der Waals surface area contributed by atoms with Crippen molar-refractivity contribution in [3.63, 3.8) is 0 Å². The highest BCUT2D eigenvalue weighted by Gasteiger charge is 2.47. The Bertz CT molecular complexity index is 2180. The molecule has 0 aliphatic carbocycles. The van der Waals surface area contributed by atoms with Crippen LogP contribution in [-0.4, -0.2) is 98.4 Å². The van der Waals surface area contributed by atoms with E-state index in [0.29, 0.717) is 55.0 Å². The summed E-state index contributed by atoms with van der Waals surface area (Å²) in [4.78, 5) is 28.9. The quantitative estimate of drug-likeness (QED) is 0.0953. The van der Waals surface area contributed by atoms with Gasteiger partial charge in [0.25, 0.3) is 0 Å². The molecular weight excluding hydrogens is 709 g/mol. The van der Waals surface area contributed by atoms with E-state index < -0.39 is 46.6 Å². The molecule has 53 heavy (non-hydrogen) atoms. The molecule has 19 heteroatoms. The number of aryl methyl sites for hydroxylation is 1. The number of ether oxygens (including phenoxy) is 1. The Labute approximate surface area is 304 Å². The molecular formula is C34H40N10O8S. The number of sulfonamides is 1. The number of imidazole rings is 1. The van der Waals surface area contributed by atoms with Crippen LogP contribution >= 0.6 is 0 Å². The number of rotatable bonds is 12. The maximum atomic E-state index is 12.9. The van der Waals surface area contributed by atoms with Crippen LogP contribution in [0, 0.1) is 0 Å². The van der Waals surface area contributed by atoms with Crippen molar-refractivity contribution in [3.8, 4) is 0 Å². The Kier molecular flexibility index (Phi) is 10.3. The van der Waals surface area contributed by atoms with Crippen molar-refractivity contribution < 1.29 is 37.8 Å². The van der Waals surface area contributed by atoms with E-state index in [1.807, 2.05) is 42.2 Å². The number of carbonyl (C=O) groups excluding carboxylic acids is 1. The minimum absolute atomic E-state index is 0.130. The monoisotopic (exact) mass is 748 g/mol. The Morgan fingerprint density at radius 2 is 1.91 bits per heavy atom. The molecule has 2 aromatic carbocycles. The third kappa shape index (κ3) is 7.80. The van der Waals surface area contributed by atoms with Crippen LogP contribution in [0.25, 0.3) is 11.2 Å². The van der Waals surface area contributed by atoms with E-state index in [2.05, 4.69) is 26.1 Å². The van der Waals surface area contributed by atoms with Crippen LogP contribution in [0.4, 0.5) is 22.2 Å². The van der Waals surface area contributed by atoms with Gasteiger partial charge in [-0.3, -0.25) is 4.57 Å². The Morgan fingerprint density at radius 1 is 1.09 bits per heavy atom. The van der Waals surface area contributed by atoms with Gasteiger partial charge in [-0.15, -0.1) is 0 Å². The molecule has 1 unspecified atom stereocenters. The minimum Gasteiger partial charge on any atom is -0.394 e. The molecule has 280 valence electrons. The van der Waals surface area contributed by atoms with E-state index >= 15 is 0 Å². The van der Waals surface area contributed by atoms with Gasteiger partial charge in [-0.25, -0.2) is 23.3 Å². The van der Waals surface area contributed by atoms with Gasteiger partial charge in [0, 0.05) is 30.9 Å². The fraction of sp³-hybridized carbons (Fsp3) is 0.382. The number of nitrogens with two attached hydrogens (primary N) is 1. The second kappa shape index (κ2) is 15.0. The smallest absolute Gasteiger partial charge is 0.319 e. The van der Waals surface area contributed by atoms with Crippen molar-refractivity contribution in [2.75, 3.05) is 35.2 Å². The summed E-state index contributed by atoms with van der Waals surface area (Å²) < 4.78 is 36.6. The Hall–Kier alpha value is -5.18. The first-order chi connectivity index (χ1) is 25.5. The van der Waals surface area contributed by atoms with E-state index in [1.165, 1.54) is 29.1 Å². The van der Waals surface area contributed by atoms with Crippen LogP contribution in [0.3, 0.4) is 0 Å². The molecule has 5 heterocycles. The average Bonchev–Trinajstić information content (AvgIpc) is 3.95. The maximum absolute atomic E-state index is 12.9. The highest BCUT2D eigenvalue weighted by molar-refractivity contribution is 7.89. The zero-order valence-electron chi connectivity index (χ0n) is 28.6. The van der Waals surface area contributed by atoms with Crippen molar-refractivity contribution in [2.45, 2.75) is 67.7 Å². The van der Waals surface area contributed by atoms with Crippen LogP contribution in [-0.2, 0) is 27.6 Å². The number of hydrogen-bond acceptors (Lipinski definition) is 14. The van der Waals surface area contributed by atoms with Crippen molar-refractivity contribution in [1.29, 1.82) is 0 Å². The van der Waals surface area contributed by atoms with Gasteiger partial charge < -0.3 is 45.4 Å². The zero-order valence-corrected chi connectivity index (χ0v) is 29.4. The van der Waals surface area contributed by atoms with Gasteiger partial charge >= 0.3 is 6.03 Å². The second-order valence-corrected chi connectivity index (χ2v) is 14.6. The molecule has 18 nitrogen and oxygen atoms in total. The first kappa shape index (κ1) is 36.2. The highest BCUT2D eigenvalue weighted by atomic mass is 32.2. The second-order valence-electron chi connectivity index (χ2n) is 13.0. The number of benzene rings is 2. The molecule has 2 aliphatic heterocycles. The number of nitrogens with zero attached hydrogens (tertiary/aromatic N) is 6. The Balaban J connectivity index is 1.15. The molecule has 2 aliphatic rings. The standard InChI is InChI=1S/C34H40N10O8S/c1-2-20-15-25(52-42-20)29-27(46)28(47)32(51-29)44-18-36-26-30(37-23(17-45)13-19-7-4-3-5-8-19)40-33(41-31(26)44)43-12-11-22(16-43)39-34(48)38-21-9-6-10-24(14-21)53(35,49)50/h3-10,14-15,18,22-23,27-29,32,45-47H,2,11-13,16-17H2,1H3,(H2,35,49,50)(H,37,40,41)(H2,38,39,48)/t22?,23-,27-,28+,29+,32+/m0/s1. The van der Waals surface area contributed by atoms with E-state index in [9.17, 15) is 28.5 Å². The van der Waals surface area contributed by atoms with Crippen LogP contribution in [0.2, 0.25) is 0 Å². The van der Waals surface area contributed by atoms with E-state index in [1.54, 1.807) is 12.1 Å². The summed E-state index contributed by atoms with van der Waals surface area (Å²) in [5, 5.41) is 50.6. The normalized spacial score (nSPS) is 22.3. The molecule has 0 saturated carbocycles. The summed E-state index contributed by atoms with van der Waals surface area (Å²) in [6.07, 6.45) is -1.73. The number of anilines is 3. The van der Waals surface area contributed by atoms with Gasteiger partial charge in [-0.1, -0.05) is 48.5 Å². The number of aromatic nitrogens is 5. The topological polar surface area (TPSA) is 256 Å². The summed E-state index contributed by atoms with van der Waals surface area (Å²) in [5.41, 5.74) is 2.57. The maximum Gasteiger partial charge on any atom is 0.319 e. The summed E-state index contributed by atoms with van der Waals surface area (Å²) >= 11 is 0. The van der Waals surface area contributed by atoms with Crippen molar-refractivity contribution >= 4 is 44.7 Å². The average molecular weight is 749 g/mol. The van der Waals surface area contributed by atoms with E-state index in [-0.39, 0.29) is 34.9 Å². The molecule has 5 aromatic rings. The largest absolute Gasteiger partial charge is 0.394 e. The predicted molar refractivity (Wildman–Crippen MR) is 191 cm³/mol. The van der Waals surface area contributed by atoms with Crippen molar-refractivity contribution in [2.24, 2.45) is 5.14 Å².